The van der Waals surface area contributed by atoms with Crippen LogP contribution in [0.3, 0.4) is 0 Å². The molecule has 0 fully saturated rings. The minimum atomic E-state index is 0. The summed E-state index contributed by atoms with van der Waals surface area (Å²) in [4.78, 5) is 0. The van der Waals surface area contributed by atoms with Gasteiger partial charge < -0.3 is 14.2 Å². The maximum absolute atomic E-state index is 5.14. The minimum Gasteiger partial charge on any atom is -0.476 e. The fourth-order valence-corrected chi connectivity index (χ4v) is 0.727. The zero-order valence-electron chi connectivity index (χ0n) is 7.43. The molecule has 0 heterocycles. The number of hydrogen-bond acceptors (Lipinski definition) is 4. The Morgan fingerprint density at radius 3 is 2.23 bits per heavy atom. The molecule has 0 spiro atoms. The average Bonchev–Trinajstić information content (AvgIpc) is 2.02. The van der Waals surface area contributed by atoms with Crippen LogP contribution in [0.5, 0.6) is 0 Å². The van der Waals surface area contributed by atoms with E-state index in [4.69, 9.17) is 14.2 Å². The molecular formula is C7H14O3PtS2. The minimum absolute atomic E-state index is 0. The number of thiol groups is 1. The van der Waals surface area contributed by atoms with Gasteiger partial charge in [-0.2, -0.15) is 0 Å². The van der Waals surface area contributed by atoms with E-state index in [1.165, 1.54) is 0 Å². The molecule has 6 heteroatoms. The third kappa shape index (κ3) is 15.6. The SMILES string of the molecule is CCOCCOCCOC(=S)S.[Pt]. The molecule has 0 unspecified atom stereocenters. The third-order valence-corrected chi connectivity index (χ3v) is 1.28. The Labute approximate surface area is 104 Å². The maximum atomic E-state index is 5.14. The van der Waals surface area contributed by atoms with Gasteiger partial charge in [-0.1, -0.05) is 12.6 Å². The van der Waals surface area contributed by atoms with E-state index in [1.54, 1.807) is 0 Å². The average molecular weight is 405 g/mol. The molecule has 0 radical (unpaired) electrons. The van der Waals surface area contributed by atoms with E-state index in [0.29, 0.717) is 26.4 Å². The predicted molar refractivity (Wildman–Crippen MR) is 54.8 cm³/mol. The van der Waals surface area contributed by atoms with Crippen LogP contribution in [0.1, 0.15) is 6.92 Å². The summed E-state index contributed by atoms with van der Waals surface area (Å²) in [5.41, 5.74) is 0. The van der Waals surface area contributed by atoms with Crippen LogP contribution in [0.15, 0.2) is 0 Å². The van der Waals surface area contributed by atoms with E-state index in [2.05, 4.69) is 24.8 Å². The zero-order valence-corrected chi connectivity index (χ0v) is 11.4. The normalized spacial score (nSPS) is 9.08. The van der Waals surface area contributed by atoms with Crippen molar-refractivity contribution in [1.29, 1.82) is 0 Å². The summed E-state index contributed by atoms with van der Waals surface area (Å²) in [5.74, 6) is 0. The molecule has 0 aromatic rings. The molecule has 82 valence electrons. The summed E-state index contributed by atoms with van der Waals surface area (Å²) in [6, 6.07) is 0. The van der Waals surface area contributed by atoms with Crippen molar-refractivity contribution in [3.63, 3.8) is 0 Å². The summed E-state index contributed by atoms with van der Waals surface area (Å²) in [7, 11) is 0. The van der Waals surface area contributed by atoms with Crippen LogP contribution in [-0.2, 0) is 35.3 Å². The number of thiocarbonyl (C=S) groups is 1. The van der Waals surface area contributed by atoms with Crippen molar-refractivity contribution in [3.8, 4) is 0 Å². The van der Waals surface area contributed by atoms with Gasteiger partial charge in [0.05, 0.1) is 19.8 Å². The van der Waals surface area contributed by atoms with Crippen LogP contribution in [0.25, 0.3) is 0 Å². The van der Waals surface area contributed by atoms with E-state index in [0.717, 1.165) is 6.61 Å². The van der Waals surface area contributed by atoms with Crippen molar-refractivity contribution in [2.45, 2.75) is 6.92 Å². The number of ether oxygens (including phenoxy) is 3. The first-order chi connectivity index (χ1) is 5.77. The summed E-state index contributed by atoms with van der Waals surface area (Å²) in [5, 5.41) is 0. The van der Waals surface area contributed by atoms with Crippen molar-refractivity contribution >= 4 is 29.2 Å². The van der Waals surface area contributed by atoms with Gasteiger partial charge >= 0.3 is 0 Å². The van der Waals surface area contributed by atoms with Crippen molar-refractivity contribution < 1.29 is 35.3 Å². The fraction of sp³-hybridized carbons (Fsp3) is 0.857. The first kappa shape index (κ1) is 16.3. The summed E-state index contributed by atoms with van der Waals surface area (Å²) in [6.45, 7) is 4.86. The van der Waals surface area contributed by atoms with Gasteiger partial charge in [0.1, 0.15) is 6.61 Å². The zero-order chi connectivity index (χ0) is 9.23. The van der Waals surface area contributed by atoms with Gasteiger partial charge in [-0.25, -0.2) is 0 Å². The fourth-order valence-electron chi connectivity index (χ4n) is 0.552. The van der Waals surface area contributed by atoms with Crippen molar-refractivity contribution in [3.05, 3.63) is 0 Å². The van der Waals surface area contributed by atoms with Crippen LogP contribution in [0.4, 0.5) is 0 Å². The Bertz CT molecular complexity index is 124. The maximum Gasteiger partial charge on any atom is 0.216 e. The van der Waals surface area contributed by atoms with E-state index in [9.17, 15) is 0 Å². The van der Waals surface area contributed by atoms with Crippen molar-refractivity contribution in [1.82, 2.24) is 0 Å². The van der Waals surface area contributed by atoms with Gasteiger partial charge in [0.25, 0.3) is 0 Å². The molecule has 3 nitrogen and oxygen atoms in total. The second-order valence-corrected chi connectivity index (χ2v) is 3.00. The molecule has 0 aliphatic heterocycles. The molecule has 0 aromatic carbocycles. The summed E-state index contributed by atoms with van der Waals surface area (Å²) < 4.78 is 15.3. The van der Waals surface area contributed by atoms with Crippen LogP contribution < -0.4 is 0 Å². The molecule has 0 aliphatic carbocycles. The molecular weight excluding hydrogens is 391 g/mol. The monoisotopic (exact) mass is 405 g/mol. The standard InChI is InChI=1S/C7H14O3S2.Pt/c1-2-8-3-4-9-5-6-10-7(11)12;/h2-6H2,1H3,(H,11,12);. The molecule has 0 atom stereocenters. The molecule has 0 saturated heterocycles. The van der Waals surface area contributed by atoms with Crippen LogP contribution in [0, 0.1) is 0 Å². The van der Waals surface area contributed by atoms with Gasteiger partial charge in [-0.15, -0.1) is 0 Å². The number of rotatable bonds is 7. The van der Waals surface area contributed by atoms with Crippen molar-refractivity contribution in [2.24, 2.45) is 0 Å². The summed E-state index contributed by atoms with van der Waals surface area (Å²) in [6.07, 6.45) is 0. The Hall–Kier alpha value is 0.848. The molecule has 0 bridgehead atoms. The Balaban J connectivity index is 0. The van der Waals surface area contributed by atoms with Gasteiger partial charge in [-0.3, -0.25) is 0 Å². The molecule has 0 saturated carbocycles. The Morgan fingerprint density at radius 2 is 1.69 bits per heavy atom. The Morgan fingerprint density at radius 1 is 1.15 bits per heavy atom. The van der Waals surface area contributed by atoms with E-state index >= 15 is 0 Å². The van der Waals surface area contributed by atoms with Crippen LogP contribution in [-0.4, -0.2) is 37.4 Å². The van der Waals surface area contributed by atoms with Crippen LogP contribution >= 0.6 is 24.8 Å². The summed E-state index contributed by atoms with van der Waals surface area (Å²) >= 11 is 8.36. The first-order valence-corrected chi connectivity index (χ1v) is 4.64. The smallest absolute Gasteiger partial charge is 0.216 e. The number of hydrogen-bond donors (Lipinski definition) is 1. The van der Waals surface area contributed by atoms with E-state index in [-0.39, 0.29) is 25.4 Å². The van der Waals surface area contributed by atoms with Gasteiger partial charge in [0, 0.05) is 27.7 Å². The van der Waals surface area contributed by atoms with Gasteiger partial charge in [0.2, 0.25) is 4.38 Å². The first-order valence-electron chi connectivity index (χ1n) is 3.78. The predicted octanol–water partition coefficient (Wildman–Crippen LogP) is 1.27. The van der Waals surface area contributed by atoms with E-state index < -0.39 is 0 Å². The van der Waals surface area contributed by atoms with Gasteiger partial charge in [-0.05, 0) is 19.1 Å². The molecule has 0 aromatic heterocycles. The molecule has 0 rings (SSSR count). The second-order valence-electron chi connectivity index (χ2n) is 1.92. The largest absolute Gasteiger partial charge is 0.476 e. The second kappa shape index (κ2) is 12.8. The van der Waals surface area contributed by atoms with Crippen LogP contribution in [0.2, 0.25) is 0 Å². The topological polar surface area (TPSA) is 27.7 Å². The van der Waals surface area contributed by atoms with Crippen molar-refractivity contribution in [2.75, 3.05) is 33.0 Å². The molecule has 13 heavy (non-hydrogen) atoms. The van der Waals surface area contributed by atoms with Gasteiger partial charge in [0.15, 0.2) is 0 Å². The Kier molecular flexibility index (Phi) is 16.1. The van der Waals surface area contributed by atoms with E-state index in [1.807, 2.05) is 6.92 Å². The molecule has 0 N–H and O–H groups in total. The molecule has 0 amide bonds. The molecule has 0 aliphatic rings. The quantitative estimate of drug-likeness (QED) is 0.392. The third-order valence-electron chi connectivity index (χ3n) is 1.03.